The van der Waals surface area contributed by atoms with Crippen molar-refractivity contribution < 1.29 is 22.0 Å². The number of halogens is 6. The summed E-state index contributed by atoms with van der Waals surface area (Å²) in [7, 11) is 0. The molecule has 0 heterocycles. The second-order valence-electron chi connectivity index (χ2n) is 1.41. The molecule has 0 aromatic rings. The summed E-state index contributed by atoms with van der Waals surface area (Å²) < 4.78 is 57.0. The third-order valence-corrected chi connectivity index (χ3v) is 0.915. The largest absolute Gasteiger partial charge is 0.457 e. The van der Waals surface area contributed by atoms with Gasteiger partial charge >= 0.3 is 12.1 Å². The zero-order chi connectivity index (χ0) is 8.41. The zero-order valence-electron chi connectivity index (χ0n) is 4.42. The van der Waals surface area contributed by atoms with E-state index in [2.05, 4.69) is 15.9 Å². The standard InChI is InChI=1S/C4H2BrF5/c5-2-1-3(6,7)4(8,9)10/h1-2H/b2-1-. The highest BCUT2D eigenvalue weighted by molar-refractivity contribution is 9.11. The summed E-state index contributed by atoms with van der Waals surface area (Å²) in [5.41, 5.74) is 0. The van der Waals surface area contributed by atoms with Crippen molar-refractivity contribution in [1.29, 1.82) is 0 Å². The van der Waals surface area contributed by atoms with Crippen LogP contribution in [-0.2, 0) is 0 Å². The lowest BCUT2D eigenvalue weighted by molar-refractivity contribution is -0.259. The van der Waals surface area contributed by atoms with E-state index < -0.39 is 12.1 Å². The molecule has 0 N–H and O–H groups in total. The Morgan fingerprint density at radius 1 is 1.00 bits per heavy atom. The Hall–Kier alpha value is -0.130. The average molecular weight is 225 g/mol. The van der Waals surface area contributed by atoms with E-state index in [1.807, 2.05) is 0 Å². The van der Waals surface area contributed by atoms with Crippen molar-refractivity contribution in [3.05, 3.63) is 11.1 Å². The molecule has 60 valence electrons. The first-order valence-corrected chi connectivity index (χ1v) is 2.95. The molecule has 0 radical (unpaired) electrons. The van der Waals surface area contributed by atoms with Crippen molar-refractivity contribution in [2.45, 2.75) is 12.1 Å². The van der Waals surface area contributed by atoms with Gasteiger partial charge in [-0.2, -0.15) is 22.0 Å². The molecular formula is C4H2BrF5. The van der Waals surface area contributed by atoms with Crippen molar-refractivity contribution in [3.63, 3.8) is 0 Å². The molecule has 10 heavy (non-hydrogen) atoms. The fourth-order valence-electron chi connectivity index (χ4n) is 0.174. The Bertz CT molecular complexity index is 135. The van der Waals surface area contributed by atoms with Crippen molar-refractivity contribution >= 4 is 15.9 Å². The van der Waals surface area contributed by atoms with Gasteiger partial charge in [0, 0.05) is 6.08 Å². The molecule has 0 aromatic heterocycles. The first-order valence-electron chi connectivity index (χ1n) is 2.04. The fraction of sp³-hybridized carbons (Fsp3) is 0.500. The van der Waals surface area contributed by atoms with Crippen LogP contribution in [0, 0.1) is 0 Å². The minimum absolute atomic E-state index is 0.271. The number of rotatable bonds is 1. The summed E-state index contributed by atoms with van der Waals surface area (Å²) in [4.78, 5) is 0.473. The number of alkyl halides is 5. The van der Waals surface area contributed by atoms with E-state index in [-0.39, 0.29) is 6.08 Å². The lowest BCUT2D eigenvalue weighted by Crippen LogP contribution is -2.33. The van der Waals surface area contributed by atoms with Gasteiger partial charge in [-0.25, -0.2) is 0 Å². The minimum atomic E-state index is -5.50. The topological polar surface area (TPSA) is 0 Å². The molecule has 0 aliphatic heterocycles. The molecule has 0 atom stereocenters. The fourth-order valence-corrected chi connectivity index (χ4v) is 0.506. The maximum absolute atomic E-state index is 11.7. The van der Waals surface area contributed by atoms with Gasteiger partial charge in [-0.3, -0.25) is 0 Å². The predicted octanol–water partition coefficient (Wildman–Crippen LogP) is 3.09. The molecule has 0 amide bonds. The molecule has 0 nitrogen and oxygen atoms in total. The number of hydrogen-bond donors (Lipinski definition) is 0. The third kappa shape index (κ3) is 2.24. The van der Waals surface area contributed by atoms with Gasteiger partial charge in [-0.15, -0.1) is 0 Å². The summed E-state index contributed by atoms with van der Waals surface area (Å²) in [6, 6.07) is 0. The van der Waals surface area contributed by atoms with Crippen LogP contribution in [0.2, 0.25) is 0 Å². The molecule has 0 spiro atoms. The molecule has 0 bridgehead atoms. The third-order valence-electron chi connectivity index (χ3n) is 0.650. The average Bonchev–Trinajstić information content (AvgIpc) is 1.61. The van der Waals surface area contributed by atoms with Gasteiger partial charge in [-0.1, -0.05) is 15.9 Å². The lowest BCUT2D eigenvalue weighted by atomic mass is 10.3. The lowest BCUT2D eigenvalue weighted by Gasteiger charge is -2.14. The van der Waals surface area contributed by atoms with Crippen LogP contribution in [0.25, 0.3) is 0 Å². The molecule has 0 unspecified atom stereocenters. The molecule has 0 aliphatic rings. The first kappa shape index (κ1) is 9.87. The summed E-state index contributed by atoms with van der Waals surface area (Å²) in [6.07, 6.45) is -5.77. The highest BCUT2D eigenvalue weighted by Gasteiger charge is 2.55. The molecule has 0 fully saturated rings. The highest BCUT2D eigenvalue weighted by Crippen LogP contribution is 2.36. The Balaban J connectivity index is 4.40. The van der Waals surface area contributed by atoms with E-state index in [0.717, 1.165) is 0 Å². The van der Waals surface area contributed by atoms with Gasteiger partial charge in [0.2, 0.25) is 0 Å². The first-order chi connectivity index (χ1) is 4.31. The Kier molecular flexibility index (Phi) is 2.82. The van der Waals surface area contributed by atoms with Gasteiger partial charge in [0.1, 0.15) is 0 Å². The van der Waals surface area contributed by atoms with Gasteiger partial charge in [0.15, 0.2) is 0 Å². The summed E-state index contributed by atoms with van der Waals surface area (Å²) in [5, 5.41) is 0. The van der Waals surface area contributed by atoms with E-state index in [4.69, 9.17) is 0 Å². The zero-order valence-corrected chi connectivity index (χ0v) is 6.01. The van der Waals surface area contributed by atoms with Crippen LogP contribution in [0.4, 0.5) is 22.0 Å². The Labute approximate surface area is 61.8 Å². The van der Waals surface area contributed by atoms with Crippen molar-refractivity contribution in [2.75, 3.05) is 0 Å². The second-order valence-corrected chi connectivity index (χ2v) is 1.94. The quantitative estimate of drug-likeness (QED) is 0.601. The maximum Gasteiger partial charge on any atom is 0.457 e. The van der Waals surface area contributed by atoms with Crippen molar-refractivity contribution in [1.82, 2.24) is 0 Å². The van der Waals surface area contributed by atoms with Gasteiger partial charge in [0.05, 0.1) is 0 Å². The normalized spacial score (nSPS) is 14.6. The predicted molar refractivity (Wildman–Crippen MR) is 29.1 cm³/mol. The molecule has 0 saturated carbocycles. The minimum Gasteiger partial charge on any atom is -0.191 e. The van der Waals surface area contributed by atoms with Gasteiger partial charge in [0.25, 0.3) is 0 Å². The van der Waals surface area contributed by atoms with E-state index in [1.165, 1.54) is 0 Å². The van der Waals surface area contributed by atoms with E-state index in [1.54, 1.807) is 0 Å². The SMILES string of the molecule is FC(F)(F)C(F)(F)/C=C\Br. The highest BCUT2D eigenvalue weighted by atomic mass is 79.9. The molecule has 6 heteroatoms. The van der Waals surface area contributed by atoms with E-state index >= 15 is 0 Å². The van der Waals surface area contributed by atoms with E-state index in [0.29, 0.717) is 4.99 Å². The van der Waals surface area contributed by atoms with Crippen molar-refractivity contribution in [3.8, 4) is 0 Å². The van der Waals surface area contributed by atoms with Gasteiger partial charge < -0.3 is 0 Å². The molecular weight excluding hydrogens is 223 g/mol. The van der Waals surface area contributed by atoms with Crippen LogP contribution in [-0.4, -0.2) is 12.1 Å². The molecule has 0 aromatic carbocycles. The van der Waals surface area contributed by atoms with Crippen molar-refractivity contribution in [2.24, 2.45) is 0 Å². The van der Waals surface area contributed by atoms with Crippen LogP contribution in [0.1, 0.15) is 0 Å². The van der Waals surface area contributed by atoms with E-state index in [9.17, 15) is 22.0 Å². The maximum atomic E-state index is 11.7. The monoisotopic (exact) mass is 224 g/mol. The second kappa shape index (κ2) is 2.86. The van der Waals surface area contributed by atoms with Crippen LogP contribution in [0.3, 0.4) is 0 Å². The molecule has 0 aliphatic carbocycles. The smallest absolute Gasteiger partial charge is 0.191 e. The summed E-state index contributed by atoms with van der Waals surface area (Å²) in [5.74, 6) is -4.74. The van der Waals surface area contributed by atoms with Crippen LogP contribution < -0.4 is 0 Å². The Morgan fingerprint density at radius 2 is 1.40 bits per heavy atom. The summed E-state index contributed by atoms with van der Waals surface area (Å²) in [6.45, 7) is 0. The summed E-state index contributed by atoms with van der Waals surface area (Å²) >= 11 is 2.32. The van der Waals surface area contributed by atoms with Crippen LogP contribution >= 0.6 is 15.9 Å². The number of allylic oxidation sites excluding steroid dienone is 1. The van der Waals surface area contributed by atoms with Crippen LogP contribution in [0.15, 0.2) is 11.1 Å². The molecule has 0 rings (SSSR count). The Morgan fingerprint density at radius 3 is 1.50 bits per heavy atom. The number of hydrogen-bond acceptors (Lipinski definition) is 0. The van der Waals surface area contributed by atoms with Gasteiger partial charge in [-0.05, 0) is 4.99 Å². The molecule has 0 saturated heterocycles. The van der Waals surface area contributed by atoms with Crippen LogP contribution in [0.5, 0.6) is 0 Å².